The van der Waals surface area contributed by atoms with E-state index in [1.807, 2.05) is 11.8 Å². The molecule has 3 rings (SSSR count). The highest BCUT2D eigenvalue weighted by Crippen LogP contribution is 2.35. The lowest BCUT2D eigenvalue weighted by atomic mass is 10.1. The minimum Gasteiger partial charge on any atom is -0.503 e. The van der Waals surface area contributed by atoms with Crippen LogP contribution in [0.25, 0.3) is 0 Å². The Balaban J connectivity index is 0.00000300. The third-order valence-corrected chi connectivity index (χ3v) is 4.76. The molecule has 2 aromatic rings. The summed E-state index contributed by atoms with van der Waals surface area (Å²) in [5.41, 5.74) is 0.634. The minimum atomic E-state index is -1.09. The highest BCUT2D eigenvalue weighted by Gasteiger charge is 2.35. The molecule has 1 amide bonds. The van der Waals surface area contributed by atoms with E-state index in [4.69, 9.17) is 0 Å². The molecular weight excluding hydrogens is 404 g/mol. The first kappa shape index (κ1) is 22.6. The van der Waals surface area contributed by atoms with E-state index in [-0.39, 0.29) is 36.0 Å². The van der Waals surface area contributed by atoms with Crippen molar-refractivity contribution in [1.82, 2.24) is 9.97 Å². The molecule has 1 unspecified atom stereocenters. The van der Waals surface area contributed by atoms with E-state index in [0.29, 0.717) is 24.0 Å². The van der Waals surface area contributed by atoms with E-state index in [1.54, 1.807) is 7.05 Å². The summed E-state index contributed by atoms with van der Waals surface area (Å²) in [5, 5.41) is 12.0. The van der Waals surface area contributed by atoms with Crippen molar-refractivity contribution in [3.05, 3.63) is 30.0 Å². The molecule has 158 valence electrons. The Morgan fingerprint density at radius 1 is 1.28 bits per heavy atom. The van der Waals surface area contributed by atoms with Crippen molar-refractivity contribution < 1.29 is 18.7 Å². The first-order chi connectivity index (χ1) is 13.2. The number of rotatable bonds is 5. The van der Waals surface area contributed by atoms with Crippen LogP contribution in [0.4, 0.5) is 31.9 Å². The lowest BCUT2D eigenvalue weighted by Gasteiger charge is -2.39. The number of phenols is 1. The molecule has 1 atom stereocenters. The molecule has 2 N–H and O–H groups in total. The Labute approximate surface area is 174 Å². The lowest BCUT2D eigenvalue weighted by molar-refractivity contribution is -0.119. The third kappa shape index (κ3) is 4.50. The molecule has 10 heteroatoms. The third-order valence-electron chi connectivity index (χ3n) is 4.76. The second-order valence-electron chi connectivity index (χ2n) is 7.27. The smallest absolute Gasteiger partial charge is 0.249 e. The fraction of sp³-hybridized carbons (Fsp3) is 0.421. The van der Waals surface area contributed by atoms with E-state index in [0.717, 1.165) is 18.6 Å². The molecule has 1 aliphatic heterocycles. The van der Waals surface area contributed by atoms with Gasteiger partial charge in [0, 0.05) is 31.4 Å². The first-order valence-electron chi connectivity index (χ1n) is 9.05. The van der Waals surface area contributed by atoms with Crippen molar-refractivity contribution in [2.75, 3.05) is 28.7 Å². The Hall–Kier alpha value is -2.68. The van der Waals surface area contributed by atoms with Crippen LogP contribution in [0.2, 0.25) is 0 Å². The largest absolute Gasteiger partial charge is 0.503 e. The predicted molar refractivity (Wildman–Crippen MR) is 110 cm³/mol. The van der Waals surface area contributed by atoms with Crippen LogP contribution < -0.4 is 15.1 Å². The fourth-order valence-corrected chi connectivity index (χ4v) is 3.05. The van der Waals surface area contributed by atoms with Gasteiger partial charge in [-0.1, -0.05) is 13.8 Å². The van der Waals surface area contributed by atoms with E-state index >= 15 is 0 Å². The summed E-state index contributed by atoms with van der Waals surface area (Å²) >= 11 is 0. The molecule has 0 spiro atoms. The van der Waals surface area contributed by atoms with Gasteiger partial charge in [0.2, 0.25) is 11.9 Å². The summed E-state index contributed by atoms with van der Waals surface area (Å²) < 4.78 is 27.2. The topological polar surface area (TPSA) is 81.6 Å². The second-order valence-corrected chi connectivity index (χ2v) is 7.27. The Bertz CT molecular complexity index is 889. The van der Waals surface area contributed by atoms with Gasteiger partial charge in [0.15, 0.2) is 23.2 Å². The van der Waals surface area contributed by atoms with Crippen LogP contribution in [0.15, 0.2) is 18.3 Å². The number of hydrogen-bond acceptors (Lipinski definition) is 6. The number of phenolic OH excluding ortho intramolecular Hbond substituents is 1. The molecule has 1 aromatic heterocycles. The molecule has 0 fully saturated rings. The predicted octanol–water partition coefficient (Wildman–Crippen LogP) is 3.84. The molecule has 2 heterocycles. The Kier molecular flexibility index (Phi) is 6.84. The number of halogens is 3. The van der Waals surface area contributed by atoms with Gasteiger partial charge in [-0.2, -0.15) is 4.98 Å². The summed E-state index contributed by atoms with van der Waals surface area (Å²) in [6, 6.07) is 1.52. The zero-order valence-electron chi connectivity index (χ0n) is 16.6. The number of aromatic nitrogens is 2. The number of carbonyl (C=O) groups excluding carboxylic acids is 1. The van der Waals surface area contributed by atoms with Crippen LogP contribution in [0.3, 0.4) is 0 Å². The van der Waals surface area contributed by atoms with Crippen molar-refractivity contribution in [1.29, 1.82) is 0 Å². The number of amides is 1. The second kappa shape index (κ2) is 8.77. The molecule has 0 bridgehead atoms. The zero-order valence-corrected chi connectivity index (χ0v) is 17.4. The quantitative estimate of drug-likeness (QED) is 0.705. The monoisotopic (exact) mass is 427 g/mol. The summed E-state index contributed by atoms with van der Waals surface area (Å²) in [4.78, 5) is 24.6. The van der Waals surface area contributed by atoms with Crippen LogP contribution >= 0.6 is 12.4 Å². The van der Waals surface area contributed by atoms with Gasteiger partial charge in [-0.25, -0.2) is 13.8 Å². The highest BCUT2D eigenvalue weighted by molar-refractivity contribution is 6.04. The van der Waals surface area contributed by atoms with Gasteiger partial charge in [-0.3, -0.25) is 4.79 Å². The Morgan fingerprint density at radius 3 is 2.48 bits per heavy atom. The number of hydrogen-bond donors (Lipinski definition) is 2. The molecule has 0 radical (unpaired) electrons. The van der Waals surface area contributed by atoms with Gasteiger partial charge in [0.25, 0.3) is 0 Å². The summed E-state index contributed by atoms with van der Waals surface area (Å²) in [5.74, 6) is -2.10. The van der Waals surface area contributed by atoms with Gasteiger partial charge < -0.3 is 20.2 Å². The van der Waals surface area contributed by atoms with Crippen molar-refractivity contribution >= 4 is 41.5 Å². The molecule has 0 saturated carbocycles. The molecule has 0 aliphatic carbocycles. The van der Waals surface area contributed by atoms with E-state index in [2.05, 4.69) is 29.1 Å². The van der Waals surface area contributed by atoms with Crippen LogP contribution in [0, 0.1) is 17.6 Å². The summed E-state index contributed by atoms with van der Waals surface area (Å²) in [6.07, 6.45) is 2.38. The number of benzene rings is 1. The van der Waals surface area contributed by atoms with Gasteiger partial charge >= 0.3 is 0 Å². The van der Waals surface area contributed by atoms with Crippen molar-refractivity contribution in [2.24, 2.45) is 5.92 Å². The maximum Gasteiger partial charge on any atom is 0.249 e. The van der Waals surface area contributed by atoms with Crippen LogP contribution in [0.1, 0.15) is 27.2 Å². The first-order valence-corrected chi connectivity index (χ1v) is 9.05. The SMILES string of the molecule is CC(C)CCN1c2nc(Nc3cc(F)c(O)c(F)c3)ncc2N(C)C(=O)C1C.Cl. The minimum absolute atomic E-state index is 0. The number of likely N-dealkylation sites (N-methyl/N-ethyl adjacent to an activating group) is 1. The fourth-order valence-electron chi connectivity index (χ4n) is 3.05. The maximum atomic E-state index is 13.6. The number of nitrogens with one attached hydrogen (secondary N) is 1. The molecule has 0 saturated heterocycles. The van der Waals surface area contributed by atoms with E-state index in [9.17, 15) is 18.7 Å². The number of anilines is 4. The summed E-state index contributed by atoms with van der Waals surface area (Å²) in [7, 11) is 1.67. The summed E-state index contributed by atoms with van der Waals surface area (Å²) in [6.45, 7) is 6.67. The van der Waals surface area contributed by atoms with Crippen LogP contribution in [-0.4, -0.2) is 40.6 Å². The van der Waals surface area contributed by atoms with Crippen LogP contribution in [-0.2, 0) is 4.79 Å². The van der Waals surface area contributed by atoms with Crippen molar-refractivity contribution in [3.63, 3.8) is 0 Å². The van der Waals surface area contributed by atoms with E-state index < -0.39 is 17.4 Å². The van der Waals surface area contributed by atoms with Crippen molar-refractivity contribution in [3.8, 4) is 5.75 Å². The normalized spacial score (nSPS) is 16.0. The van der Waals surface area contributed by atoms with Gasteiger partial charge in [0.1, 0.15) is 11.7 Å². The van der Waals surface area contributed by atoms with E-state index in [1.165, 1.54) is 11.1 Å². The molecule has 1 aliphatic rings. The van der Waals surface area contributed by atoms with Gasteiger partial charge in [-0.05, 0) is 19.3 Å². The standard InChI is InChI=1S/C19H23F2N5O2.ClH/c1-10(2)5-6-26-11(3)18(28)25(4)15-9-22-19(24-17(15)26)23-12-7-13(20)16(27)14(21)8-12;/h7-11,27H,5-6H2,1-4H3,(H,22,23,24);1H. The van der Waals surface area contributed by atoms with Gasteiger partial charge in [-0.15, -0.1) is 12.4 Å². The molecule has 7 nitrogen and oxygen atoms in total. The number of fused-ring (bicyclic) bond motifs is 1. The molecular formula is C19H24ClF2N5O2. The molecule has 29 heavy (non-hydrogen) atoms. The average molecular weight is 428 g/mol. The lowest BCUT2D eigenvalue weighted by Crippen LogP contribution is -2.51. The zero-order chi connectivity index (χ0) is 20.6. The number of carbonyl (C=O) groups is 1. The van der Waals surface area contributed by atoms with Crippen LogP contribution in [0.5, 0.6) is 5.75 Å². The Morgan fingerprint density at radius 2 is 1.90 bits per heavy atom. The number of aromatic hydroxyl groups is 1. The maximum absolute atomic E-state index is 13.6. The van der Waals surface area contributed by atoms with Gasteiger partial charge in [0.05, 0.1) is 6.20 Å². The van der Waals surface area contributed by atoms with Crippen molar-refractivity contribution in [2.45, 2.75) is 33.2 Å². The highest BCUT2D eigenvalue weighted by atomic mass is 35.5. The average Bonchev–Trinajstić information content (AvgIpc) is 2.64. The molecule has 1 aromatic carbocycles. The number of nitrogens with zero attached hydrogens (tertiary/aromatic N) is 4.